The summed E-state index contributed by atoms with van der Waals surface area (Å²) in [6.45, 7) is 23.4. The molecule has 0 N–H and O–H groups in total. The Morgan fingerprint density at radius 2 is 1.26 bits per heavy atom. The quantitative estimate of drug-likeness (QED) is 0.178. The Bertz CT molecular complexity index is 1980. The molecule has 0 bridgehead atoms. The molecule has 0 nitrogen and oxygen atoms in total. The van der Waals surface area contributed by atoms with Gasteiger partial charge in [-0.3, -0.25) is 0 Å². The second kappa shape index (κ2) is 13.1. The van der Waals surface area contributed by atoms with Crippen molar-refractivity contribution >= 4 is 43.8 Å². The van der Waals surface area contributed by atoms with Gasteiger partial charge in [-0.05, 0) is 0 Å². The van der Waals surface area contributed by atoms with Crippen LogP contribution in [-0.4, -0.2) is 6.88 Å². The number of hydrogen-bond donors (Lipinski definition) is 0. The molecule has 0 saturated carbocycles. The van der Waals surface area contributed by atoms with Gasteiger partial charge in [-0.1, -0.05) is 0 Å². The van der Waals surface area contributed by atoms with E-state index in [9.17, 15) is 0 Å². The van der Waals surface area contributed by atoms with E-state index in [0.717, 1.165) is 0 Å². The van der Waals surface area contributed by atoms with E-state index in [1.54, 1.807) is 22.3 Å². The average molecular weight is 761 g/mol. The Hall–Kier alpha value is -1.96. The Morgan fingerprint density at radius 3 is 1.85 bits per heavy atom. The van der Waals surface area contributed by atoms with Crippen LogP contribution in [-0.2, 0) is 22.8 Å². The molecule has 0 aromatic heterocycles. The van der Waals surface area contributed by atoms with Crippen molar-refractivity contribution in [1.29, 1.82) is 0 Å². The fourth-order valence-electron chi connectivity index (χ4n) is 8.76. The molecule has 4 heteroatoms. The van der Waals surface area contributed by atoms with Crippen molar-refractivity contribution in [2.45, 2.75) is 84.2 Å². The summed E-state index contributed by atoms with van der Waals surface area (Å²) in [7, 11) is 0. The predicted octanol–water partition coefficient (Wildman–Crippen LogP) is 12.7. The zero-order valence-corrected chi connectivity index (χ0v) is 35.8. The van der Waals surface area contributed by atoms with E-state index in [1.165, 1.54) is 55.6 Å². The molecule has 2 aliphatic carbocycles. The van der Waals surface area contributed by atoms with Gasteiger partial charge < -0.3 is 0 Å². The molecule has 2 unspecified atom stereocenters. The van der Waals surface area contributed by atoms with Gasteiger partial charge in [0.1, 0.15) is 0 Å². The summed E-state index contributed by atoms with van der Waals surface area (Å²) >= 11 is -3.69. The summed E-state index contributed by atoms with van der Waals surface area (Å²) in [5.74, 6) is 0.506. The normalized spacial score (nSPS) is 17.4. The van der Waals surface area contributed by atoms with Crippen molar-refractivity contribution in [3.05, 3.63) is 128 Å². The molecule has 47 heavy (non-hydrogen) atoms. The first-order valence-electron chi connectivity index (χ1n) is 16.9. The molecule has 0 saturated heterocycles. The van der Waals surface area contributed by atoms with E-state index in [0.29, 0.717) is 13.2 Å². The molecule has 4 aromatic carbocycles. The van der Waals surface area contributed by atoms with Crippen molar-refractivity contribution in [1.82, 2.24) is 0 Å². The second-order valence-electron chi connectivity index (χ2n) is 16.7. The summed E-state index contributed by atoms with van der Waals surface area (Å²) in [6, 6.07) is 28.3. The SMILES string of the molecule is CC1=Cc2c(-c3ccc(C(C)(C)C)cc3)ccc(C)c2[CH]1[Zr]([CH3])([CH3])(=[SiH2])[CH]1C(C(C)C)=Cc2c(-c3ccc(C)c(C)c3)cccc21.Cl.Cl. The van der Waals surface area contributed by atoms with E-state index in [4.69, 9.17) is 0 Å². The maximum atomic E-state index is 2.78. The molecule has 0 aliphatic heterocycles. The molecule has 0 radical (unpaired) electrons. The first-order chi connectivity index (χ1) is 21.0. The summed E-state index contributed by atoms with van der Waals surface area (Å²) in [5.41, 5.74) is 20.5. The standard InChI is InChI=1S/C21H23.C20H21.2CH3.2ClH.H2Si.Zr/c1-14-12-19-15(2)6-11-18(20(19)13-14)16-7-9-17(10-8-16)21(3,4)5;1-13(2)18-11-16-6-5-7-19(20(16)12-18)17-9-8-14(3)15(4)10-17;;;;;;/h6-13H,1-5H3;5-13H,1-4H3;2*1H3;2*1H;1H2;. The third kappa shape index (κ3) is 6.43. The van der Waals surface area contributed by atoms with E-state index in [-0.39, 0.29) is 30.2 Å². The largest absolute Gasteiger partial charge is 0.147 e. The Kier molecular flexibility index (Phi) is 10.5. The summed E-state index contributed by atoms with van der Waals surface area (Å²) in [6.07, 6.45) is 5.17. The van der Waals surface area contributed by atoms with Gasteiger partial charge in [0.25, 0.3) is 0 Å². The van der Waals surface area contributed by atoms with Gasteiger partial charge in [0.05, 0.1) is 0 Å². The summed E-state index contributed by atoms with van der Waals surface area (Å²) < 4.78 is 6.58. The molecule has 2 aliphatic rings. The maximum absolute atomic E-state index is 3.69. The van der Waals surface area contributed by atoms with E-state index in [2.05, 4.69) is 163 Å². The number of rotatable bonds is 5. The minimum Gasteiger partial charge on any atom is -0.147 e. The molecular formula is C43H54Cl2SiZr. The molecule has 248 valence electrons. The number of hydrogen-bond acceptors (Lipinski definition) is 0. The molecule has 0 spiro atoms. The summed E-state index contributed by atoms with van der Waals surface area (Å²) in [5, 5.41) is 0. The van der Waals surface area contributed by atoms with Crippen LogP contribution in [0.5, 0.6) is 0 Å². The zero-order chi connectivity index (χ0) is 32.7. The van der Waals surface area contributed by atoms with E-state index >= 15 is 0 Å². The predicted molar refractivity (Wildman–Crippen MR) is 213 cm³/mol. The van der Waals surface area contributed by atoms with Crippen LogP contribution < -0.4 is 0 Å². The smallest absolute Gasteiger partial charge is 0.147 e. The van der Waals surface area contributed by atoms with Crippen molar-refractivity contribution < 1.29 is 17.4 Å². The Labute approximate surface area is 299 Å². The molecule has 6 rings (SSSR count). The van der Waals surface area contributed by atoms with Crippen LogP contribution >= 0.6 is 24.8 Å². The van der Waals surface area contributed by atoms with Gasteiger partial charge >= 0.3 is 277 Å². The van der Waals surface area contributed by atoms with Gasteiger partial charge in [-0.15, -0.1) is 24.8 Å². The average Bonchev–Trinajstić information content (AvgIpc) is 3.55. The number of benzene rings is 4. The van der Waals surface area contributed by atoms with Crippen LogP contribution in [0.2, 0.25) is 9.26 Å². The third-order valence-electron chi connectivity index (χ3n) is 11.2. The first-order valence-corrected chi connectivity index (χ1v) is 30.6. The molecule has 0 fully saturated rings. The van der Waals surface area contributed by atoms with Crippen molar-refractivity contribution in [3.63, 3.8) is 0 Å². The monoisotopic (exact) mass is 758 g/mol. The number of aryl methyl sites for hydroxylation is 3. The van der Waals surface area contributed by atoms with E-state index in [1.807, 2.05) is 0 Å². The van der Waals surface area contributed by atoms with Crippen LogP contribution in [0.4, 0.5) is 0 Å². The topological polar surface area (TPSA) is 0 Å². The molecule has 2 atom stereocenters. The van der Waals surface area contributed by atoms with Crippen LogP contribution in [0.3, 0.4) is 0 Å². The fourth-order valence-corrected chi connectivity index (χ4v) is 29.4. The third-order valence-corrected chi connectivity index (χ3v) is 28.7. The van der Waals surface area contributed by atoms with Gasteiger partial charge in [0.15, 0.2) is 0 Å². The molecule has 0 amide bonds. The number of halogens is 2. The zero-order valence-electron chi connectivity index (χ0n) is 30.3. The number of allylic oxidation sites excluding steroid dienone is 2. The van der Waals surface area contributed by atoms with Gasteiger partial charge in [-0.2, -0.15) is 0 Å². The van der Waals surface area contributed by atoms with Gasteiger partial charge in [0.2, 0.25) is 0 Å². The van der Waals surface area contributed by atoms with Crippen molar-refractivity contribution in [2.24, 2.45) is 5.92 Å². The van der Waals surface area contributed by atoms with Crippen LogP contribution in [0.15, 0.2) is 83.9 Å². The summed E-state index contributed by atoms with van der Waals surface area (Å²) in [4.78, 5) is 0. The van der Waals surface area contributed by atoms with Gasteiger partial charge in [-0.25, -0.2) is 0 Å². The Morgan fingerprint density at radius 1 is 0.660 bits per heavy atom. The molecular weight excluding hydrogens is 707 g/mol. The molecule has 4 aromatic rings. The van der Waals surface area contributed by atoms with Crippen molar-refractivity contribution in [3.8, 4) is 22.3 Å². The maximum Gasteiger partial charge on any atom is -0.147 e. The van der Waals surface area contributed by atoms with Crippen molar-refractivity contribution in [2.75, 3.05) is 0 Å². The Balaban J connectivity index is 0.00000250. The minimum absolute atomic E-state index is 0. The minimum atomic E-state index is -3.69. The van der Waals surface area contributed by atoms with E-state index < -0.39 is 17.4 Å². The number of fused-ring (bicyclic) bond motifs is 2. The first kappa shape index (κ1) is 37.9. The second-order valence-corrected chi connectivity index (χ2v) is 47.2. The van der Waals surface area contributed by atoms with Crippen LogP contribution in [0, 0.1) is 26.7 Å². The van der Waals surface area contributed by atoms with Crippen LogP contribution in [0.1, 0.15) is 93.3 Å². The van der Waals surface area contributed by atoms with Crippen LogP contribution in [0.25, 0.3) is 34.4 Å². The molecule has 0 heterocycles. The van der Waals surface area contributed by atoms with Gasteiger partial charge in [0, 0.05) is 0 Å². The fraction of sp³-hybridized carbons (Fsp3) is 0.349.